The van der Waals surface area contributed by atoms with Crippen LogP contribution in [0, 0.1) is 0 Å². The normalized spacial score (nSPS) is 19.8. The third kappa shape index (κ3) is 3.86. The third-order valence-corrected chi connectivity index (χ3v) is 6.28. The Balaban J connectivity index is 1.55. The van der Waals surface area contributed by atoms with E-state index in [1.165, 1.54) is 12.0 Å². The molecule has 6 heteroatoms. The molecule has 0 saturated heterocycles. The van der Waals surface area contributed by atoms with E-state index >= 15 is 0 Å². The quantitative estimate of drug-likeness (QED) is 0.783. The second-order valence-corrected chi connectivity index (χ2v) is 8.18. The molecule has 1 atom stereocenters. The summed E-state index contributed by atoms with van der Waals surface area (Å²) < 4.78 is 11.0. The molecule has 2 aliphatic rings. The summed E-state index contributed by atoms with van der Waals surface area (Å²) in [7, 11) is 1.66. The number of anilines is 1. The van der Waals surface area contributed by atoms with Gasteiger partial charge in [0.25, 0.3) is 11.8 Å². The van der Waals surface area contributed by atoms with Gasteiger partial charge in [0.15, 0.2) is 11.9 Å². The number of carbonyl (C=O) groups is 2. The average molecular weight is 408 g/mol. The van der Waals surface area contributed by atoms with Crippen LogP contribution >= 0.6 is 0 Å². The summed E-state index contributed by atoms with van der Waals surface area (Å²) in [6, 6.07) is 13.4. The molecule has 2 N–H and O–H groups in total. The molecular weight excluding hydrogens is 380 g/mol. The van der Waals surface area contributed by atoms with Gasteiger partial charge in [-0.05, 0) is 49.6 Å². The van der Waals surface area contributed by atoms with Crippen LogP contribution in [-0.4, -0.2) is 31.6 Å². The fraction of sp³-hybridized carbons (Fsp3) is 0.417. The summed E-state index contributed by atoms with van der Waals surface area (Å²) in [6.07, 6.45) is 4.97. The third-order valence-electron chi connectivity index (χ3n) is 6.28. The smallest absolute Gasteiger partial charge is 0.265 e. The molecule has 1 fully saturated rings. The SMILES string of the molecule is COc1ccc(C2(CNC(=O)c3cccc4c3O[C@@H](C)C(=O)N4)CCCCC2)cc1. The van der Waals surface area contributed by atoms with E-state index in [0.29, 0.717) is 23.5 Å². The number of amides is 2. The maximum Gasteiger partial charge on any atom is 0.265 e. The summed E-state index contributed by atoms with van der Waals surface area (Å²) in [4.78, 5) is 25.0. The van der Waals surface area contributed by atoms with Gasteiger partial charge in [-0.3, -0.25) is 9.59 Å². The lowest BCUT2D eigenvalue weighted by atomic mass is 9.69. The monoisotopic (exact) mass is 408 g/mol. The molecule has 6 nitrogen and oxygen atoms in total. The standard InChI is InChI=1S/C24H28N2O4/c1-16-22(27)26-20-8-6-7-19(21(20)30-16)23(28)25-15-24(13-4-3-5-14-24)17-9-11-18(29-2)12-10-17/h6-12,16H,3-5,13-15H2,1-2H3,(H,25,28)(H,26,27)/t16-/m0/s1. The lowest BCUT2D eigenvalue weighted by Crippen LogP contribution is -2.42. The average Bonchev–Trinajstić information content (AvgIpc) is 2.78. The van der Waals surface area contributed by atoms with E-state index in [4.69, 9.17) is 9.47 Å². The summed E-state index contributed by atoms with van der Waals surface area (Å²) in [5, 5.41) is 5.95. The van der Waals surface area contributed by atoms with E-state index in [-0.39, 0.29) is 17.2 Å². The first-order valence-corrected chi connectivity index (χ1v) is 10.6. The highest BCUT2D eigenvalue weighted by atomic mass is 16.5. The van der Waals surface area contributed by atoms with Crippen molar-refractivity contribution in [3.63, 3.8) is 0 Å². The fourth-order valence-electron chi connectivity index (χ4n) is 4.49. The highest BCUT2D eigenvalue weighted by molar-refractivity contribution is 6.04. The number of methoxy groups -OCH3 is 1. The van der Waals surface area contributed by atoms with Gasteiger partial charge in [-0.2, -0.15) is 0 Å². The van der Waals surface area contributed by atoms with Crippen molar-refractivity contribution in [2.24, 2.45) is 0 Å². The molecule has 1 saturated carbocycles. The predicted molar refractivity (Wildman–Crippen MR) is 115 cm³/mol. The number of ether oxygens (including phenoxy) is 2. The van der Waals surface area contributed by atoms with Crippen LogP contribution in [0.25, 0.3) is 0 Å². The first-order chi connectivity index (χ1) is 14.5. The Kier molecular flexibility index (Phi) is 5.66. The molecule has 158 valence electrons. The minimum absolute atomic E-state index is 0.0859. The number of para-hydroxylation sites is 1. The first kappa shape index (κ1) is 20.3. The van der Waals surface area contributed by atoms with Crippen molar-refractivity contribution in [2.45, 2.75) is 50.5 Å². The fourth-order valence-corrected chi connectivity index (χ4v) is 4.49. The molecule has 0 radical (unpaired) electrons. The molecule has 0 spiro atoms. The number of hydrogen-bond acceptors (Lipinski definition) is 4. The van der Waals surface area contributed by atoms with Gasteiger partial charge >= 0.3 is 0 Å². The molecule has 0 unspecified atom stereocenters. The Hall–Kier alpha value is -3.02. The van der Waals surface area contributed by atoms with Gasteiger partial charge in [0, 0.05) is 12.0 Å². The van der Waals surface area contributed by atoms with Crippen LogP contribution in [0.3, 0.4) is 0 Å². The van der Waals surface area contributed by atoms with Gasteiger partial charge in [-0.15, -0.1) is 0 Å². The molecule has 30 heavy (non-hydrogen) atoms. The summed E-state index contributed by atoms with van der Waals surface area (Å²) in [5.41, 5.74) is 2.13. The Morgan fingerprint density at radius 3 is 2.60 bits per heavy atom. The van der Waals surface area contributed by atoms with Crippen LogP contribution in [0.5, 0.6) is 11.5 Å². The van der Waals surface area contributed by atoms with Crippen molar-refractivity contribution >= 4 is 17.5 Å². The minimum Gasteiger partial charge on any atom is -0.497 e. The van der Waals surface area contributed by atoms with E-state index in [9.17, 15) is 9.59 Å². The molecule has 1 aliphatic carbocycles. The number of benzene rings is 2. The van der Waals surface area contributed by atoms with Gasteiger partial charge in [0.1, 0.15) is 5.75 Å². The summed E-state index contributed by atoms with van der Waals surface area (Å²) in [6.45, 7) is 2.23. The molecule has 1 aliphatic heterocycles. The minimum atomic E-state index is -0.629. The van der Waals surface area contributed by atoms with Crippen molar-refractivity contribution < 1.29 is 19.1 Å². The van der Waals surface area contributed by atoms with Gasteiger partial charge in [-0.1, -0.05) is 37.5 Å². The first-order valence-electron chi connectivity index (χ1n) is 10.6. The maximum absolute atomic E-state index is 13.1. The van der Waals surface area contributed by atoms with Gasteiger partial charge in [0.2, 0.25) is 0 Å². The molecule has 2 aromatic carbocycles. The van der Waals surface area contributed by atoms with E-state index in [0.717, 1.165) is 31.4 Å². The Labute approximate surface area is 177 Å². The Morgan fingerprint density at radius 1 is 1.17 bits per heavy atom. The highest BCUT2D eigenvalue weighted by Gasteiger charge is 2.35. The largest absolute Gasteiger partial charge is 0.497 e. The maximum atomic E-state index is 13.1. The zero-order chi connectivity index (χ0) is 21.1. The predicted octanol–water partition coefficient (Wildman–Crippen LogP) is 4.05. The second kappa shape index (κ2) is 8.38. The molecular formula is C24H28N2O4. The van der Waals surface area contributed by atoms with Crippen LogP contribution in [-0.2, 0) is 10.2 Å². The van der Waals surface area contributed by atoms with E-state index in [1.54, 1.807) is 32.2 Å². The van der Waals surface area contributed by atoms with Crippen LogP contribution in [0.15, 0.2) is 42.5 Å². The summed E-state index contributed by atoms with van der Waals surface area (Å²) in [5.74, 6) is 0.872. The lowest BCUT2D eigenvalue weighted by Gasteiger charge is -2.38. The van der Waals surface area contributed by atoms with Crippen LogP contribution in [0.1, 0.15) is 54.9 Å². The van der Waals surface area contributed by atoms with Crippen molar-refractivity contribution in [1.29, 1.82) is 0 Å². The number of rotatable bonds is 5. The van der Waals surface area contributed by atoms with Crippen molar-refractivity contribution in [3.05, 3.63) is 53.6 Å². The van der Waals surface area contributed by atoms with Crippen LogP contribution < -0.4 is 20.1 Å². The zero-order valence-corrected chi connectivity index (χ0v) is 17.5. The number of fused-ring (bicyclic) bond motifs is 1. The summed E-state index contributed by atoms with van der Waals surface area (Å²) >= 11 is 0. The molecule has 1 heterocycles. The van der Waals surface area contributed by atoms with Crippen molar-refractivity contribution in [3.8, 4) is 11.5 Å². The molecule has 2 amide bonds. The van der Waals surface area contributed by atoms with Gasteiger partial charge < -0.3 is 20.1 Å². The van der Waals surface area contributed by atoms with Crippen molar-refractivity contribution in [1.82, 2.24) is 5.32 Å². The molecule has 2 aromatic rings. The van der Waals surface area contributed by atoms with E-state index in [2.05, 4.69) is 22.8 Å². The molecule has 0 bridgehead atoms. The second-order valence-electron chi connectivity index (χ2n) is 8.18. The van der Waals surface area contributed by atoms with Crippen LogP contribution in [0.4, 0.5) is 5.69 Å². The van der Waals surface area contributed by atoms with Crippen molar-refractivity contribution in [2.75, 3.05) is 19.0 Å². The number of nitrogens with one attached hydrogen (secondary N) is 2. The lowest BCUT2D eigenvalue weighted by molar-refractivity contribution is -0.122. The molecule has 0 aromatic heterocycles. The zero-order valence-electron chi connectivity index (χ0n) is 17.5. The Morgan fingerprint density at radius 2 is 1.90 bits per heavy atom. The van der Waals surface area contributed by atoms with E-state index < -0.39 is 6.10 Å². The van der Waals surface area contributed by atoms with Gasteiger partial charge in [0.05, 0.1) is 18.4 Å². The number of hydrogen-bond donors (Lipinski definition) is 2. The topological polar surface area (TPSA) is 76.7 Å². The highest BCUT2D eigenvalue weighted by Crippen LogP contribution is 2.40. The Bertz CT molecular complexity index is 933. The van der Waals surface area contributed by atoms with Gasteiger partial charge in [-0.25, -0.2) is 0 Å². The number of carbonyl (C=O) groups excluding carboxylic acids is 2. The van der Waals surface area contributed by atoms with Crippen LogP contribution in [0.2, 0.25) is 0 Å². The van der Waals surface area contributed by atoms with E-state index in [1.807, 2.05) is 12.1 Å². The molecule has 4 rings (SSSR count).